The second kappa shape index (κ2) is 6.17. The first-order valence-electron chi connectivity index (χ1n) is 7.26. The van der Waals surface area contributed by atoms with E-state index in [9.17, 15) is 5.11 Å². The van der Waals surface area contributed by atoms with Gasteiger partial charge in [-0.2, -0.15) is 0 Å². The topological polar surface area (TPSA) is 41.5 Å². The minimum Gasteiger partial charge on any atom is -0.389 e. The number of rotatable bonds is 5. The SMILES string of the molecule is CCC1CCC(O)(CNCC2CCCO2)CC1. The Morgan fingerprint density at radius 1 is 1.29 bits per heavy atom. The minimum absolute atomic E-state index is 0.380. The molecule has 1 aliphatic carbocycles. The van der Waals surface area contributed by atoms with Crippen molar-refractivity contribution >= 4 is 0 Å². The molecule has 2 aliphatic rings. The van der Waals surface area contributed by atoms with E-state index >= 15 is 0 Å². The van der Waals surface area contributed by atoms with Gasteiger partial charge < -0.3 is 15.2 Å². The second-order valence-electron chi connectivity index (χ2n) is 5.84. The smallest absolute Gasteiger partial charge is 0.0771 e. The van der Waals surface area contributed by atoms with Gasteiger partial charge in [0, 0.05) is 19.7 Å². The highest BCUT2D eigenvalue weighted by Crippen LogP contribution is 2.33. The summed E-state index contributed by atoms with van der Waals surface area (Å²) in [6, 6.07) is 0. The molecule has 1 heterocycles. The average Bonchev–Trinajstić information content (AvgIpc) is 2.83. The van der Waals surface area contributed by atoms with E-state index in [-0.39, 0.29) is 0 Å². The molecule has 2 N–H and O–H groups in total. The molecule has 17 heavy (non-hydrogen) atoms. The molecule has 1 aliphatic heterocycles. The molecule has 1 unspecified atom stereocenters. The van der Waals surface area contributed by atoms with Gasteiger partial charge in [0.05, 0.1) is 11.7 Å². The van der Waals surface area contributed by atoms with Crippen LogP contribution < -0.4 is 5.32 Å². The molecule has 0 radical (unpaired) electrons. The molecular weight excluding hydrogens is 214 g/mol. The predicted molar refractivity (Wildman–Crippen MR) is 69.0 cm³/mol. The first-order valence-corrected chi connectivity index (χ1v) is 7.26. The number of ether oxygens (including phenoxy) is 1. The lowest BCUT2D eigenvalue weighted by Gasteiger charge is -2.36. The molecule has 0 bridgehead atoms. The van der Waals surface area contributed by atoms with Crippen LogP contribution in [0.5, 0.6) is 0 Å². The molecular formula is C14H27NO2. The summed E-state index contributed by atoms with van der Waals surface area (Å²) in [4.78, 5) is 0. The maximum absolute atomic E-state index is 10.5. The van der Waals surface area contributed by atoms with Crippen LogP contribution in [0.2, 0.25) is 0 Å². The summed E-state index contributed by atoms with van der Waals surface area (Å²) in [6.07, 6.45) is 8.31. The van der Waals surface area contributed by atoms with Crippen molar-refractivity contribution in [2.24, 2.45) is 5.92 Å². The maximum atomic E-state index is 10.5. The van der Waals surface area contributed by atoms with Crippen molar-refractivity contribution in [3.05, 3.63) is 0 Å². The van der Waals surface area contributed by atoms with Crippen molar-refractivity contribution < 1.29 is 9.84 Å². The monoisotopic (exact) mass is 241 g/mol. The zero-order chi connectivity index (χ0) is 12.1. The Balaban J connectivity index is 1.64. The lowest BCUT2D eigenvalue weighted by Crippen LogP contribution is -2.45. The predicted octanol–water partition coefficient (Wildman–Crippen LogP) is 2.09. The average molecular weight is 241 g/mol. The van der Waals surface area contributed by atoms with Gasteiger partial charge >= 0.3 is 0 Å². The van der Waals surface area contributed by atoms with Crippen LogP contribution in [0.15, 0.2) is 0 Å². The van der Waals surface area contributed by atoms with Gasteiger partial charge in [0.1, 0.15) is 0 Å². The van der Waals surface area contributed by atoms with Gasteiger partial charge in [-0.05, 0) is 44.4 Å². The van der Waals surface area contributed by atoms with E-state index in [4.69, 9.17) is 4.74 Å². The molecule has 0 aromatic heterocycles. The van der Waals surface area contributed by atoms with Crippen molar-refractivity contribution in [3.63, 3.8) is 0 Å². The Labute approximate surface area is 105 Å². The number of nitrogens with one attached hydrogen (secondary N) is 1. The van der Waals surface area contributed by atoms with Gasteiger partial charge in [0.2, 0.25) is 0 Å². The van der Waals surface area contributed by atoms with E-state index in [1.54, 1.807) is 0 Å². The van der Waals surface area contributed by atoms with Gasteiger partial charge in [0.25, 0.3) is 0 Å². The summed E-state index contributed by atoms with van der Waals surface area (Å²) < 4.78 is 5.57. The minimum atomic E-state index is -0.454. The zero-order valence-electron chi connectivity index (χ0n) is 11.1. The molecule has 0 aromatic carbocycles. The van der Waals surface area contributed by atoms with Gasteiger partial charge in [-0.3, -0.25) is 0 Å². The van der Waals surface area contributed by atoms with E-state index in [0.29, 0.717) is 6.10 Å². The van der Waals surface area contributed by atoms with E-state index in [0.717, 1.165) is 38.5 Å². The van der Waals surface area contributed by atoms with E-state index in [1.807, 2.05) is 0 Å². The molecule has 100 valence electrons. The molecule has 3 nitrogen and oxygen atoms in total. The molecule has 1 saturated heterocycles. The summed E-state index contributed by atoms with van der Waals surface area (Å²) in [5, 5.41) is 13.9. The third-order valence-electron chi connectivity index (χ3n) is 4.46. The molecule has 2 rings (SSSR count). The lowest BCUT2D eigenvalue weighted by molar-refractivity contribution is -0.0111. The number of hydrogen-bond acceptors (Lipinski definition) is 3. The van der Waals surface area contributed by atoms with Crippen LogP contribution in [0.1, 0.15) is 51.9 Å². The quantitative estimate of drug-likeness (QED) is 0.774. The van der Waals surface area contributed by atoms with E-state index < -0.39 is 5.60 Å². The normalized spacial score (nSPS) is 38.5. The Bertz CT molecular complexity index is 218. The summed E-state index contributed by atoms with van der Waals surface area (Å²) in [5.41, 5.74) is -0.454. The molecule has 2 fully saturated rings. The summed E-state index contributed by atoms with van der Waals surface area (Å²) in [5.74, 6) is 0.841. The third-order valence-corrected chi connectivity index (χ3v) is 4.46. The Kier molecular flexibility index (Phi) is 4.83. The van der Waals surface area contributed by atoms with Crippen molar-refractivity contribution in [1.29, 1.82) is 0 Å². The molecule has 0 amide bonds. The Morgan fingerprint density at radius 2 is 2.06 bits per heavy atom. The van der Waals surface area contributed by atoms with E-state index in [2.05, 4.69) is 12.2 Å². The zero-order valence-corrected chi connectivity index (χ0v) is 11.1. The van der Waals surface area contributed by atoms with Crippen LogP contribution in [0, 0.1) is 5.92 Å². The first kappa shape index (κ1) is 13.3. The second-order valence-corrected chi connectivity index (χ2v) is 5.84. The highest BCUT2D eigenvalue weighted by atomic mass is 16.5. The fraction of sp³-hybridized carbons (Fsp3) is 1.00. The van der Waals surface area contributed by atoms with Gasteiger partial charge in [0.15, 0.2) is 0 Å². The van der Waals surface area contributed by atoms with Crippen LogP contribution >= 0.6 is 0 Å². The van der Waals surface area contributed by atoms with Crippen LogP contribution in [-0.4, -0.2) is 36.5 Å². The Morgan fingerprint density at radius 3 is 2.65 bits per heavy atom. The summed E-state index contributed by atoms with van der Waals surface area (Å²) in [6.45, 7) is 4.81. The van der Waals surface area contributed by atoms with Crippen molar-refractivity contribution in [2.45, 2.75) is 63.6 Å². The molecule has 1 saturated carbocycles. The van der Waals surface area contributed by atoms with Crippen LogP contribution in [0.25, 0.3) is 0 Å². The third kappa shape index (κ3) is 3.94. The van der Waals surface area contributed by atoms with Crippen molar-refractivity contribution in [1.82, 2.24) is 5.32 Å². The first-order chi connectivity index (χ1) is 8.22. The number of aliphatic hydroxyl groups is 1. The van der Waals surface area contributed by atoms with Crippen molar-refractivity contribution in [2.75, 3.05) is 19.7 Å². The molecule has 0 spiro atoms. The fourth-order valence-electron chi connectivity index (χ4n) is 3.07. The van der Waals surface area contributed by atoms with Gasteiger partial charge in [-0.15, -0.1) is 0 Å². The largest absolute Gasteiger partial charge is 0.389 e. The molecule has 0 aromatic rings. The van der Waals surface area contributed by atoms with Crippen molar-refractivity contribution in [3.8, 4) is 0 Å². The molecule has 3 heteroatoms. The highest BCUT2D eigenvalue weighted by Gasteiger charge is 2.32. The number of hydrogen-bond donors (Lipinski definition) is 2. The highest BCUT2D eigenvalue weighted by molar-refractivity contribution is 4.87. The van der Waals surface area contributed by atoms with E-state index in [1.165, 1.54) is 32.1 Å². The molecule has 1 atom stereocenters. The maximum Gasteiger partial charge on any atom is 0.0771 e. The van der Waals surface area contributed by atoms with Crippen LogP contribution in [0.3, 0.4) is 0 Å². The standard InChI is InChI=1S/C14H27NO2/c1-2-12-5-7-14(16,8-6-12)11-15-10-13-4-3-9-17-13/h12-13,15-16H,2-11H2,1H3. The summed E-state index contributed by atoms with van der Waals surface area (Å²) in [7, 11) is 0. The summed E-state index contributed by atoms with van der Waals surface area (Å²) >= 11 is 0. The lowest BCUT2D eigenvalue weighted by atomic mass is 9.78. The fourth-order valence-corrected chi connectivity index (χ4v) is 3.07. The van der Waals surface area contributed by atoms with Gasteiger partial charge in [-0.25, -0.2) is 0 Å². The van der Waals surface area contributed by atoms with Gasteiger partial charge in [-0.1, -0.05) is 13.3 Å². The Hall–Kier alpha value is -0.120. The van der Waals surface area contributed by atoms with Crippen LogP contribution in [0.4, 0.5) is 0 Å². The van der Waals surface area contributed by atoms with Crippen LogP contribution in [-0.2, 0) is 4.74 Å².